The number of carbonyl (C=O) groups is 1. The molecule has 1 aliphatic rings. The van der Waals surface area contributed by atoms with E-state index in [0.717, 1.165) is 31.9 Å². The summed E-state index contributed by atoms with van der Waals surface area (Å²) in [5.74, 6) is 47.9. The molecule has 0 amide bonds. The van der Waals surface area contributed by atoms with Crippen LogP contribution in [0.2, 0.25) is 0 Å². The average Bonchev–Trinajstić information content (AvgIpc) is 3.48. The van der Waals surface area contributed by atoms with E-state index in [9.17, 15) is 14.3 Å². The normalized spacial score (nSPS) is 16.3. The van der Waals surface area contributed by atoms with E-state index in [1.165, 1.54) is 0 Å². The number of hydrogen-bond acceptors (Lipinski definition) is 8. The van der Waals surface area contributed by atoms with Crippen molar-refractivity contribution in [2.75, 3.05) is 20.3 Å². The minimum Gasteiger partial charge on any atom is -0.431 e. The first kappa shape index (κ1) is 45.8. The average molecular weight is 783 g/mol. The number of phosphoric ester groups is 1. The van der Waals surface area contributed by atoms with E-state index in [2.05, 4.69) is 134 Å². The monoisotopic (exact) mass is 782 g/mol. The number of thiocarbonyl (C=S) groups is 1. The van der Waals surface area contributed by atoms with Crippen molar-refractivity contribution in [2.45, 2.75) is 57.4 Å². The molecule has 0 spiro atoms. The summed E-state index contributed by atoms with van der Waals surface area (Å²) in [4.78, 5) is 22.2. The second kappa shape index (κ2) is 29.1. The fourth-order valence-corrected chi connectivity index (χ4v) is 5.23. The van der Waals surface area contributed by atoms with E-state index >= 15 is 0 Å². The fourth-order valence-electron chi connectivity index (χ4n) is 4.39. The molecule has 0 saturated carbocycles. The number of benzene rings is 1. The van der Waals surface area contributed by atoms with E-state index in [1.807, 2.05) is 50.3 Å². The van der Waals surface area contributed by atoms with Gasteiger partial charge in [-0.25, -0.2) is 9.36 Å². The highest BCUT2D eigenvalue weighted by atomic mass is 32.1. The number of hydrogen-bond donors (Lipinski definition) is 3. The van der Waals surface area contributed by atoms with Gasteiger partial charge in [-0.3, -0.25) is 14.4 Å². The fraction of sp³-hybridized carbons (Fsp3) is 0.302. The molecule has 0 radical (unpaired) electrons. The van der Waals surface area contributed by atoms with Gasteiger partial charge in [-0.15, -0.1) is 0 Å². The largest absolute Gasteiger partial charge is 0.508 e. The van der Waals surface area contributed by atoms with E-state index in [-0.39, 0.29) is 25.1 Å². The summed E-state index contributed by atoms with van der Waals surface area (Å²) in [5, 5.41) is 6.19. The maximum Gasteiger partial charge on any atom is 0.508 e. The predicted octanol–water partition coefficient (Wildman–Crippen LogP) is 3.04. The first-order chi connectivity index (χ1) is 27.3. The molecule has 0 bridgehead atoms. The van der Waals surface area contributed by atoms with E-state index in [1.54, 1.807) is 6.92 Å². The Hall–Kier alpha value is -6.35. The van der Waals surface area contributed by atoms with Crippen LogP contribution in [-0.4, -0.2) is 62.5 Å². The molecule has 56 heavy (non-hydrogen) atoms. The predicted molar refractivity (Wildman–Crippen MR) is 220 cm³/mol. The highest BCUT2D eigenvalue weighted by molar-refractivity contribution is 7.80. The first-order valence-corrected chi connectivity index (χ1v) is 18.8. The van der Waals surface area contributed by atoms with Crippen molar-refractivity contribution >= 4 is 39.2 Å². The molecule has 10 nitrogen and oxygen atoms in total. The topological polar surface area (TPSA) is 125 Å². The third-order valence-electron chi connectivity index (χ3n) is 6.92. The van der Waals surface area contributed by atoms with Gasteiger partial charge in [-0.05, 0) is 97.8 Å². The number of carbonyl (C=O) groups excluding carboxylic acids is 1. The van der Waals surface area contributed by atoms with Gasteiger partial charge < -0.3 is 24.4 Å². The van der Waals surface area contributed by atoms with Gasteiger partial charge in [0.1, 0.15) is 33.3 Å². The van der Waals surface area contributed by atoms with Crippen LogP contribution in [0, 0.1) is 124 Å². The lowest BCUT2D eigenvalue weighted by atomic mass is 9.82. The van der Waals surface area contributed by atoms with Gasteiger partial charge in [0.2, 0.25) is 0 Å². The van der Waals surface area contributed by atoms with Crippen LogP contribution < -0.4 is 10.6 Å². The molecule has 2 rings (SSSR count). The maximum atomic E-state index is 12.3. The van der Waals surface area contributed by atoms with Gasteiger partial charge in [0.05, 0.1) is 0 Å². The summed E-state index contributed by atoms with van der Waals surface area (Å²) < 4.78 is 38.8. The van der Waals surface area contributed by atoms with Crippen molar-refractivity contribution in [3.63, 3.8) is 0 Å². The Morgan fingerprint density at radius 3 is 2.02 bits per heavy atom. The highest BCUT2D eigenvalue weighted by Crippen LogP contribution is 2.48. The molecular formula is C43H36BN2O8PS. The van der Waals surface area contributed by atoms with Crippen LogP contribution in [0.5, 0.6) is 0 Å². The SMILES string of the molecule is B[C@@H]1O[C@H](COC(=O)OCc2ccccc2)[C@H](OP(=O)(O)OC)C1C/C=C/CCCCNC(=S)NC#CC#CC#CC#CC#CC#CC#CC#CC#CC#CC. The summed E-state index contributed by atoms with van der Waals surface area (Å²) >= 11 is 5.22. The van der Waals surface area contributed by atoms with Gasteiger partial charge in [0, 0.05) is 90.8 Å². The van der Waals surface area contributed by atoms with Crippen molar-refractivity contribution in [3.05, 3.63) is 48.0 Å². The Bertz CT molecular complexity index is 2250. The van der Waals surface area contributed by atoms with Crippen LogP contribution in [0.15, 0.2) is 42.5 Å². The highest BCUT2D eigenvalue weighted by Gasteiger charge is 2.46. The van der Waals surface area contributed by atoms with E-state index < -0.39 is 26.2 Å². The number of rotatable bonds is 14. The number of phosphoric acid groups is 1. The summed E-state index contributed by atoms with van der Waals surface area (Å²) in [5.41, 5.74) is 0.805. The minimum absolute atomic E-state index is 0.0451. The second-order valence-corrected chi connectivity index (χ2v) is 12.7. The lowest BCUT2D eigenvalue weighted by Crippen LogP contribution is -2.34. The van der Waals surface area contributed by atoms with Crippen LogP contribution in [-0.2, 0) is 34.4 Å². The Morgan fingerprint density at radius 1 is 0.875 bits per heavy atom. The summed E-state index contributed by atoms with van der Waals surface area (Å²) in [6.07, 6.45) is 4.48. The quantitative estimate of drug-likeness (QED) is 0.0378. The molecule has 1 aliphatic heterocycles. The van der Waals surface area contributed by atoms with Crippen LogP contribution in [0.3, 0.4) is 0 Å². The Labute approximate surface area is 336 Å². The molecule has 0 aliphatic carbocycles. The van der Waals surface area contributed by atoms with Crippen LogP contribution in [0.25, 0.3) is 0 Å². The zero-order valence-electron chi connectivity index (χ0n) is 31.0. The maximum absolute atomic E-state index is 12.3. The summed E-state index contributed by atoms with van der Waals surface area (Å²) in [6, 6.07) is 11.4. The standard InChI is InChI=1S/C43H36BN2O8PS/c1-3-4-5-6-7-8-9-10-11-12-13-14-15-16-17-18-19-22-28-33-45-42(56)46-34-29-23-20-21-27-32-38-40(54-55(48,49)50-2)39(53-41(38)44)36-52-43(47)51-35-37-30-25-24-26-31-37/h21,24-27,30-31,38-41H,20,23,29,32,34-36,44H2,1-2H3,(H,48,49)(H2,45,46,56)/b27-21+/t38?,39-,40-,41-/m1/s1. The van der Waals surface area contributed by atoms with Crippen LogP contribution >= 0.6 is 20.0 Å². The number of allylic oxidation sites excluding steroid dienone is 2. The van der Waals surface area contributed by atoms with Crippen molar-refractivity contribution in [3.8, 4) is 119 Å². The van der Waals surface area contributed by atoms with Gasteiger partial charge >= 0.3 is 14.0 Å². The van der Waals surface area contributed by atoms with E-state index in [0.29, 0.717) is 18.1 Å². The van der Waals surface area contributed by atoms with Crippen LogP contribution in [0.4, 0.5) is 4.79 Å². The van der Waals surface area contributed by atoms with Gasteiger partial charge in [-0.1, -0.05) is 48.4 Å². The lowest BCUT2D eigenvalue weighted by Gasteiger charge is -2.24. The molecular weight excluding hydrogens is 746 g/mol. The number of ether oxygens (including phenoxy) is 3. The molecule has 1 fully saturated rings. The van der Waals surface area contributed by atoms with Gasteiger partial charge in [0.15, 0.2) is 5.11 Å². The summed E-state index contributed by atoms with van der Waals surface area (Å²) in [6.45, 7) is 2.15. The first-order valence-electron chi connectivity index (χ1n) is 16.9. The van der Waals surface area contributed by atoms with Crippen LogP contribution in [0.1, 0.15) is 38.2 Å². The molecule has 3 N–H and O–H groups in total. The van der Waals surface area contributed by atoms with E-state index in [4.69, 9.17) is 31.0 Å². The molecule has 280 valence electrons. The minimum atomic E-state index is -4.35. The Morgan fingerprint density at radius 2 is 1.45 bits per heavy atom. The molecule has 1 saturated heterocycles. The molecule has 1 aromatic rings. The zero-order valence-corrected chi connectivity index (χ0v) is 32.7. The third kappa shape index (κ3) is 22.0. The molecule has 1 aromatic carbocycles. The number of nitrogens with one attached hydrogen (secondary N) is 2. The van der Waals surface area contributed by atoms with Gasteiger partial charge in [-0.2, -0.15) is 0 Å². The number of unbranched alkanes of at least 4 members (excludes halogenated alkanes) is 2. The Kier molecular flexibility index (Phi) is 23.8. The molecule has 13 heteroatoms. The Balaban J connectivity index is 1.67. The van der Waals surface area contributed by atoms with Crippen molar-refractivity contribution < 1.29 is 37.5 Å². The second-order valence-electron chi connectivity index (χ2n) is 10.8. The molecule has 2 unspecified atom stereocenters. The van der Waals surface area contributed by atoms with Crippen molar-refractivity contribution in [2.24, 2.45) is 5.92 Å². The molecule has 5 atom stereocenters. The van der Waals surface area contributed by atoms with Crippen molar-refractivity contribution in [1.82, 2.24) is 10.6 Å². The summed E-state index contributed by atoms with van der Waals surface area (Å²) in [7, 11) is -1.44. The zero-order chi connectivity index (χ0) is 40.5. The lowest BCUT2D eigenvalue weighted by molar-refractivity contribution is -0.0303. The third-order valence-corrected chi connectivity index (χ3v) is 8.13. The van der Waals surface area contributed by atoms with Gasteiger partial charge in [0.25, 0.3) is 0 Å². The molecule has 1 heterocycles. The molecule has 0 aromatic heterocycles. The van der Waals surface area contributed by atoms with Crippen molar-refractivity contribution in [1.29, 1.82) is 0 Å². The smallest absolute Gasteiger partial charge is 0.431 e.